The van der Waals surface area contributed by atoms with Crippen LogP contribution in [0.1, 0.15) is 12.1 Å². The van der Waals surface area contributed by atoms with Crippen molar-refractivity contribution in [3.8, 4) is 0 Å². The maximum Gasteiger partial charge on any atom is 0.242 e. The third-order valence-electron chi connectivity index (χ3n) is 3.59. The molecule has 0 saturated carbocycles. The Hall–Kier alpha value is -1.66. The number of hydrogen-bond donors (Lipinski definition) is 1. The minimum atomic E-state index is -0.0239. The molecule has 1 saturated heterocycles. The van der Waals surface area contributed by atoms with Gasteiger partial charge < -0.3 is 15.1 Å². The SMILES string of the molecule is CN(CC(=O)N1CCNCC1)C(=O)CCc1ccccn1.Cl. The first-order chi connectivity index (χ1) is 10.2. The van der Waals surface area contributed by atoms with E-state index in [9.17, 15) is 9.59 Å². The largest absolute Gasteiger partial charge is 0.339 e. The van der Waals surface area contributed by atoms with Gasteiger partial charge in [0.2, 0.25) is 11.8 Å². The molecule has 1 aliphatic rings. The molecule has 0 atom stereocenters. The molecule has 7 heteroatoms. The average molecular weight is 327 g/mol. The third-order valence-corrected chi connectivity index (χ3v) is 3.59. The van der Waals surface area contributed by atoms with E-state index in [0.717, 1.165) is 31.9 Å². The van der Waals surface area contributed by atoms with Crippen LogP contribution >= 0.6 is 12.4 Å². The molecule has 1 aromatic rings. The minimum absolute atomic E-state index is 0. The first kappa shape index (κ1) is 18.4. The van der Waals surface area contributed by atoms with Crippen LogP contribution in [0.15, 0.2) is 24.4 Å². The van der Waals surface area contributed by atoms with E-state index >= 15 is 0 Å². The summed E-state index contributed by atoms with van der Waals surface area (Å²) >= 11 is 0. The lowest BCUT2D eigenvalue weighted by atomic mass is 10.2. The molecule has 2 rings (SSSR count). The number of aryl methyl sites for hydroxylation is 1. The number of nitrogens with one attached hydrogen (secondary N) is 1. The van der Waals surface area contributed by atoms with E-state index in [2.05, 4.69) is 10.3 Å². The van der Waals surface area contributed by atoms with Crippen molar-refractivity contribution in [1.29, 1.82) is 0 Å². The van der Waals surface area contributed by atoms with Crippen LogP contribution < -0.4 is 5.32 Å². The Bertz CT molecular complexity index is 478. The van der Waals surface area contributed by atoms with Crippen molar-refractivity contribution in [1.82, 2.24) is 20.1 Å². The van der Waals surface area contributed by atoms with Gasteiger partial charge in [0.15, 0.2) is 0 Å². The quantitative estimate of drug-likeness (QED) is 0.846. The topological polar surface area (TPSA) is 65.5 Å². The van der Waals surface area contributed by atoms with Crippen molar-refractivity contribution in [2.24, 2.45) is 0 Å². The number of likely N-dealkylation sites (N-methyl/N-ethyl adjacent to an activating group) is 1. The molecule has 0 aliphatic carbocycles. The van der Waals surface area contributed by atoms with Crippen LogP contribution in [0.3, 0.4) is 0 Å². The fourth-order valence-corrected chi connectivity index (χ4v) is 2.28. The number of nitrogens with zero attached hydrogens (tertiary/aromatic N) is 3. The Morgan fingerprint density at radius 1 is 1.32 bits per heavy atom. The standard InChI is InChI=1S/C15H22N4O2.ClH/c1-18(12-15(21)19-10-8-16-9-11-19)14(20)6-5-13-4-2-3-7-17-13;/h2-4,7,16H,5-6,8-12H2,1H3;1H. The number of carbonyl (C=O) groups is 2. The molecule has 0 aromatic carbocycles. The first-order valence-electron chi connectivity index (χ1n) is 7.29. The molecule has 22 heavy (non-hydrogen) atoms. The lowest BCUT2D eigenvalue weighted by Crippen LogP contribution is -2.49. The highest BCUT2D eigenvalue weighted by Crippen LogP contribution is 2.02. The molecular weight excluding hydrogens is 304 g/mol. The maximum atomic E-state index is 12.1. The Morgan fingerprint density at radius 3 is 2.68 bits per heavy atom. The zero-order valence-corrected chi connectivity index (χ0v) is 13.6. The summed E-state index contributed by atoms with van der Waals surface area (Å²) in [6, 6.07) is 5.66. The number of aromatic nitrogens is 1. The van der Waals surface area contributed by atoms with Crippen LogP contribution in [0, 0.1) is 0 Å². The van der Waals surface area contributed by atoms with Crippen molar-refractivity contribution in [2.75, 3.05) is 39.8 Å². The molecule has 0 bridgehead atoms. The second-order valence-electron chi connectivity index (χ2n) is 5.20. The summed E-state index contributed by atoms with van der Waals surface area (Å²) in [5.74, 6) is -0.00526. The van der Waals surface area contributed by atoms with Gasteiger partial charge in [0, 0.05) is 51.5 Å². The molecular formula is C15H23ClN4O2. The lowest BCUT2D eigenvalue weighted by molar-refractivity contribution is -0.139. The fourth-order valence-electron chi connectivity index (χ4n) is 2.28. The first-order valence-corrected chi connectivity index (χ1v) is 7.29. The van der Waals surface area contributed by atoms with Crippen molar-refractivity contribution in [2.45, 2.75) is 12.8 Å². The van der Waals surface area contributed by atoms with Gasteiger partial charge in [-0.2, -0.15) is 0 Å². The molecule has 0 spiro atoms. The number of carbonyl (C=O) groups excluding carboxylic acids is 2. The highest BCUT2D eigenvalue weighted by atomic mass is 35.5. The summed E-state index contributed by atoms with van der Waals surface area (Å²) in [7, 11) is 1.68. The van der Waals surface area contributed by atoms with Crippen molar-refractivity contribution < 1.29 is 9.59 Å². The van der Waals surface area contributed by atoms with Crippen LogP contribution in [0.5, 0.6) is 0 Å². The number of amides is 2. The van der Waals surface area contributed by atoms with E-state index < -0.39 is 0 Å². The summed E-state index contributed by atoms with van der Waals surface area (Å²) < 4.78 is 0. The van der Waals surface area contributed by atoms with E-state index in [-0.39, 0.29) is 30.8 Å². The zero-order valence-electron chi connectivity index (χ0n) is 12.8. The molecule has 1 fully saturated rings. The third kappa shape index (κ3) is 5.61. The van der Waals surface area contributed by atoms with Gasteiger partial charge in [0.25, 0.3) is 0 Å². The predicted molar refractivity (Wildman–Crippen MR) is 86.9 cm³/mol. The Kier molecular flexibility index (Phi) is 7.84. The molecule has 1 aromatic heterocycles. The molecule has 1 N–H and O–H groups in total. The van der Waals surface area contributed by atoms with Crippen LogP contribution in [-0.2, 0) is 16.0 Å². The smallest absolute Gasteiger partial charge is 0.242 e. The van der Waals surface area contributed by atoms with E-state index in [1.54, 1.807) is 18.1 Å². The van der Waals surface area contributed by atoms with Gasteiger partial charge in [0.1, 0.15) is 0 Å². The van der Waals surface area contributed by atoms with Crippen LogP contribution in [0.25, 0.3) is 0 Å². The van der Waals surface area contributed by atoms with Gasteiger partial charge in [-0.25, -0.2) is 0 Å². The highest BCUT2D eigenvalue weighted by Gasteiger charge is 2.19. The maximum absolute atomic E-state index is 12.1. The van der Waals surface area contributed by atoms with E-state index in [0.29, 0.717) is 12.8 Å². The second-order valence-corrected chi connectivity index (χ2v) is 5.20. The number of rotatable bonds is 5. The molecule has 1 aliphatic heterocycles. The van der Waals surface area contributed by atoms with Crippen LogP contribution in [0.4, 0.5) is 0 Å². The number of hydrogen-bond acceptors (Lipinski definition) is 4. The van der Waals surface area contributed by atoms with Gasteiger partial charge in [-0.3, -0.25) is 14.6 Å². The van der Waals surface area contributed by atoms with Gasteiger partial charge in [-0.1, -0.05) is 6.07 Å². The zero-order chi connectivity index (χ0) is 15.1. The molecule has 0 unspecified atom stereocenters. The summed E-state index contributed by atoms with van der Waals surface area (Å²) in [5.41, 5.74) is 0.896. The van der Waals surface area contributed by atoms with Crippen LogP contribution in [-0.4, -0.2) is 66.4 Å². The van der Waals surface area contributed by atoms with E-state index in [1.807, 2.05) is 18.2 Å². The van der Waals surface area contributed by atoms with E-state index in [4.69, 9.17) is 0 Å². The fraction of sp³-hybridized carbons (Fsp3) is 0.533. The van der Waals surface area contributed by atoms with Crippen molar-refractivity contribution in [3.05, 3.63) is 30.1 Å². The van der Waals surface area contributed by atoms with Gasteiger partial charge in [0.05, 0.1) is 6.54 Å². The minimum Gasteiger partial charge on any atom is -0.339 e. The average Bonchev–Trinajstić information content (AvgIpc) is 2.54. The number of piperazine rings is 1. The number of pyridine rings is 1. The summed E-state index contributed by atoms with van der Waals surface area (Å²) in [6.07, 6.45) is 2.70. The molecule has 2 amide bonds. The lowest BCUT2D eigenvalue weighted by Gasteiger charge is -2.29. The Morgan fingerprint density at radius 2 is 2.05 bits per heavy atom. The molecule has 122 valence electrons. The van der Waals surface area contributed by atoms with Gasteiger partial charge >= 0.3 is 0 Å². The highest BCUT2D eigenvalue weighted by molar-refractivity contribution is 5.85. The normalized spacial score (nSPS) is 14.1. The summed E-state index contributed by atoms with van der Waals surface area (Å²) in [5, 5.41) is 3.20. The Balaban J connectivity index is 0.00000242. The monoisotopic (exact) mass is 326 g/mol. The van der Waals surface area contributed by atoms with E-state index in [1.165, 1.54) is 4.90 Å². The van der Waals surface area contributed by atoms with Gasteiger partial charge in [-0.15, -0.1) is 12.4 Å². The number of halogens is 1. The second kappa shape index (κ2) is 9.38. The van der Waals surface area contributed by atoms with Crippen LogP contribution in [0.2, 0.25) is 0 Å². The molecule has 0 radical (unpaired) electrons. The predicted octanol–water partition coefficient (Wildman–Crippen LogP) is 0.326. The molecule has 6 nitrogen and oxygen atoms in total. The summed E-state index contributed by atoms with van der Waals surface area (Å²) in [4.78, 5) is 31.6. The van der Waals surface area contributed by atoms with Crippen molar-refractivity contribution >= 4 is 24.2 Å². The van der Waals surface area contributed by atoms with Gasteiger partial charge in [-0.05, 0) is 18.6 Å². The Labute approximate surface area is 137 Å². The summed E-state index contributed by atoms with van der Waals surface area (Å²) in [6.45, 7) is 3.23. The molecule has 2 heterocycles. The van der Waals surface area contributed by atoms with Crippen molar-refractivity contribution in [3.63, 3.8) is 0 Å².